The van der Waals surface area contributed by atoms with Crippen molar-refractivity contribution in [3.05, 3.63) is 0 Å². The SMILES string of the molecule is O=C(O)CNC#CS. The second-order valence-corrected chi connectivity index (χ2v) is 1.21. The highest BCUT2D eigenvalue weighted by Crippen LogP contribution is 1.59. The number of thiol groups is 1. The van der Waals surface area contributed by atoms with Gasteiger partial charge in [-0.15, -0.1) is 0 Å². The van der Waals surface area contributed by atoms with Gasteiger partial charge in [-0.3, -0.25) is 4.79 Å². The smallest absolute Gasteiger partial charge is 0.323 e. The molecule has 0 aliphatic heterocycles. The molecule has 0 atom stereocenters. The Balaban J connectivity index is 3.14. The fourth-order valence-corrected chi connectivity index (χ4v) is 0.238. The summed E-state index contributed by atoms with van der Waals surface area (Å²) in [4.78, 5) is 9.72. The van der Waals surface area contributed by atoms with Crippen LogP contribution in [-0.2, 0) is 4.79 Å². The third-order valence-electron chi connectivity index (χ3n) is 0.384. The summed E-state index contributed by atoms with van der Waals surface area (Å²) < 4.78 is 0. The Labute approximate surface area is 52.5 Å². The first-order valence-electron chi connectivity index (χ1n) is 1.86. The van der Waals surface area contributed by atoms with Gasteiger partial charge in [0, 0.05) is 6.04 Å². The van der Waals surface area contributed by atoms with E-state index in [4.69, 9.17) is 5.11 Å². The van der Waals surface area contributed by atoms with E-state index in [2.05, 4.69) is 29.2 Å². The van der Waals surface area contributed by atoms with E-state index in [0.29, 0.717) is 0 Å². The average molecular weight is 131 g/mol. The highest BCUT2D eigenvalue weighted by molar-refractivity contribution is 7.85. The molecule has 0 heterocycles. The van der Waals surface area contributed by atoms with Crippen LogP contribution < -0.4 is 5.32 Å². The van der Waals surface area contributed by atoms with Crippen LogP contribution in [-0.4, -0.2) is 17.6 Å². The monoisotopic (exact) mass is 131 g/mol. The Morgan fingerprint density at radius 3 is 2.88 bits per heavy atom. The van der Waals surface area contributed by atoms with E-state index in [1.807, 2.05) is 0 Å². The summed E-state index contributed by atoms with van der Waals surface area (Å²) in [6.07, 6.45) is 0. The van der Waals surface area contributed by atoms with Crippen LogP contribution >= 0.6 is 12.6 Å². The van der Waals surface area contributed by atoms with Crippen LogP contribution in [0.4, 0.5) is 0 Å². The molecule has 0 fully saturated rings. The van der Waals surface area contributed by atoms with Crippen LogP contribution in [0.2, 0.25) is 0 Å². The largest absolute Gasteiger partial charge is 0.480 e. The topological polar surface area (TPSA) is 49.3 Å². The van der Waals surface area contributed by atoms with Crippen molar-refractivity contribution in [2.75, 3.05) is 6.54 Å². The normalized spacial score (nSPS) is 6.62. The van der Waals surface area contributed by atoms with Gasteiger partial charge in [-0.05, 0) is 5.25 Å². The Morgan fingerprint density at radius 2 is 2.50 bits per heavy atom. The predicted octanol–water partition coefficient (Wildman–Crippen LogP) is -0.491. The van der Waals surface area contributed by atoms with Crippen LogP contribution in [0, 0.1) is 11.3 Å². The number of carboxylic acid groups (broad SMARTS) is 1. The summed E-state index contributed by atoms with van der Waals surface area (Å²) >= 11 is 3.51. The second kappa shape index (κ2) is 4.34. The zero-order chi connectivity index (χ0) is 6.41. The molecular formula is C4H5NO2S. The third kappa shape index (κ3) is 5.18. The van der Waals surface area contributed by atoms with Crippen molar-refractivity contribution in [1.82, 2.24) is 5.32 Å². The lowest BCUT2D eigenvalue weighted by molar-refractivity contribution is -0.135. The van der Waals surface area contributed by atoms with Gasteiger partial charge in [-0.2, -0.15) is 0 Å². The fraction of sp³-hybridized carbons (Fsp3) is 0.250. The molecule has 0 spiro atoms. The Morgan fingerprint density at radius 1 is 1.88 bits per heavy atom. The molecule has 44 valence electrons. The maximum absolute atomic E-state index is 9.72. The van der Waals surface area contributed by atoms with Gasteiger partial charge in [0.05, 0.1) is 0 Å². The summed E-state index contributed by atoms with van der Waals surface area (Å²) in [7, 11) is 0. The van der Waals surface area contributed by atoms with Crippen molar-refractivity contribution >= 4 is 18.6 Å². The summed E-state index contributed by atoms with van der Waals surface area (Å²) in [5, 5.41) is 12.5. The molecule has 0 aliphatic rings. The second-order valence-electron chi connectivity index (χ2n) is 0.984. The third-order valence-corrected chi connectivity index (χ3v) is 0.496. The van der Waals surface area contributed by atoms with E-state index in [-0.39, 0.29) is 6.54 Å². The Bertz CT molecular complexity index is 135. The quantitative estimate of drug-likeness (QED) is 0.269. The first-order chi connectivity index (χ1) is 3.77. The predicted molar refractivity (Wildman–Crippen MR) is 32.4 cm³/mol. The number of hydrogen-bond acceptors (Lipinski definition) is 3. The molecule has 0 aliphatic carbocycles. The maximum Gasteiger partial charge on any atom is 0.323 e. The molecule has 0 aromatic carbocycles. The number of aliphatic carboxylic acids is 1. The van der Waals surface area contributed by atoms with Gasteiger partial charge >= 0.3 is 5.97 Å². The van der Waals surface area contributed by atoms with Gasteiger partial charge in [-0.1, -0.05) is 12.6 Å². The molecule has 0 saturated carbocycles. The molecule has 0 saturated heterocycles. The van der Waals surface area contributed by atoms with Gasteiger partial charge in [0.2, 0.25) is 0 Å². The van der Waals surface area contributed by atoms with E-state index in [1.165, 1.54) is 0 Å². The Kier molecular flexibility index (Phi) is 3.90. The van der Waals surface area contributed by atoms with E-state index < -0.39 is 5.97 Å². The van der Waals surface area contributed by atoms with Crippen molar-refractivity contribution in [1.29, 1.82) is 0 Å². The highest BCUT2D eigenvalue weighted by atomic mass is 32.1. The molecule has 3 nitrogen and oxygen atoms in total. The molecule has 0 amide bonds. The molecule has 0 radical (unpaired) electrons. The molecular weight excluding hydrogens is 126 g/mol. The summed E-state index contributed by atoms with van der Waals surface area (Å²) in [5.41, 5.74) is 0. The zero-order valence-corrected chi connectivity index (χ0v) is 4.90. The first kappa shape index (κ1) is 7.18. The van der Waals surface area contributed by atoms with Crippen LogP contribution in [0.5, 0.6) is 0 Å². The number of carboxylic acids is 1. The molecule has 0 aromatic rings. The molecule has 4 heteroatoms. The molecule has 2 N–H and O–H groups in total. The molecule has 0 rings (SSSR count). The van der Waals surface area contributed by atoms with E-state index in [0.717, 1.165) is 0 Å². The number of rotatable bonds is 2. The van der Waals surface area contributed by atoms with E-state index in [1.54, 1.807) is 0 Å². The van der Waals surface area contributed by atoms with Crippen molar-refractivity contribution < 1.29 is 9.90 Å². The summed E-state index contributed by atoms with van der Waals surface area (Å²) in [6, 6.07) is 2.26. The molecule has 0 unspecified atom stereocenters. The van der Waals surface area contributed by atoms with Gasteiger partial charge in [0.25, 0.3) is 0 Å². The minimum atomic E-state index is -0.930. The van der Waals surface area contributed by atoms with E-state index in [9.17, 15) is 4.79 Å². The minimum absolute atomic E-state index is 0.145. The van der Waals surface area contributed by atoms with Gasteiger partial charge in [0.15, 0.2) is 0 Å². The summed E-state index contributed by atoms with van der Waals surface area (Å²) in [6.45, 7) is -0.145. The average Bonchev–Trinajstić information content (AvgIpc) is 1.66. The van der Waals surface area contributed by atoms with E-state index >= 15 is 0 Å². The molecule has 0 aromatic heterocycles. The van der Waals surface area contributed by atoms with Gasteiger partial charge in [0.1, 0.15) is 6.54 Å². The standard InChI is InChI=1S/C4H5NO2S/c6-4(7)3-5-1-2-8/h5,8H,3H2,(H,6,7). The Hall–Kier alpha value is -0.820. The molecule has 0 bridgehead atoms. The van der Waals surface area contributed by atoms with Crippen molar-refractivity contribution in [3.8, 4) is 11.3 Å². The lowest BCUT2D eigenvalue weighted by atomic mass is 10.7. The van der Waals surface area contributed by atoms with Crippen LogP contribution in [0.1, 0.15) is 0 Å². The zero-order valence-electron chi connectivity index (χ0n) is 4.01. The lowest BCUT2D eigenvalue weighted by Crippen LogP contribution is -2.16. The van der Waals surface area contributed by atoms with Crippen molar-refractivity contribution in [3.63, 3.8) is 0 Å². The van der Waals surface area contributed by atoms with Gasteiger partial charge in [-0.25, -0.2) is 0 Å². The molecule has 8 heavy (non-hydrogen) atoms. The summed E-state index contributed by atoms with van der Waals surface area (Å²) in [5.74, 6) is -0.930. The highest BCUT2D eigenvalue weighted by Gasteiger charge is 1.88. The number of hydrogen-bond donors (Lipinski definition) is 3. The number of nitrogens with one attached hydrogen (secondary N) is 1. The van der Waals surface area contributed by atoms with Crippen LogP contribution in [0.3, 0.4) is 0 Å². The van der Waals surface area contributed by atoms with Crippen molar-refractivity contribution in [2.24, 2.45) is 0 Å². The maximum atomic E-state index is 9.72. The van der Waals surface area contributed by atoms with Crippen LogP contribution in [0.15, 0.2) is 0 Å². The fourth-order valence-electron chi connectivity index (χ4n) is 0.159. The first-order valence-corrected chi connectivity index (χ1v) is 2.31. The lowest BCUT2D eigenvalue weighted by Gasteiger charge is -1.86. The van der Waals surface area contributed by atoms with Gasteiger partial charge < -0.3 is 10.4 Å². The number of carbonyl (C=O) groups is 1. The minimum Gasteiger partial charge on any atom is -0.480 e. The van der Waals surface area contributed by atoms with Crippen LogP contribution in [0.25, 0.3) is 0 Å². The van der Waals surface area contributed by atoms with Crippen molar-refractivity contribution in [2.45, 2.75) is 0 Å².